The molecule has 1 aromatic carbocycles. The van der Waals surface area contributed by atoms with Crippen LogP contribution in [0.4, 0.5) is 0 Å². The Labute approximate surface area is 81.6 Å². The van der Waals surface area contributed by atoms with Gasteiger partial charge < -0.3 is 0 Å². The van der Waals surface area contributed by atoms with Crippen LogP contribution < -0.4 is 0 Å². The highest BCUT2D eigenvalue weighted by atomic mass is 32.2. The standard InChI is InChI=1S/C11H17OS/c1-3-13(12,4-2)10-11-8-6-5-7-9-11/h5-9H,3-4,10H2,1-2H3/q+1. The van der Waals surface area contributed by atoms with E-state index >= 15 is 0 Å². The van der Waals surface area contributed by atoms with Crippen LogP contribution in [0.1, 0.15) is 19.4 Å². The Morgan fingerprint density at radius 3 is 2.08 bits per heavy atom. The zero-order valence-electron chi connectivity index (χ0n) is 8.32. The lowest BCUT2D eigenvalue weighted by Crippen LogP contribution is -2.19. The number of rotatable bonds is 4. The molecule has 13 heavy (non-hydrogen) atoms. The first-order chi connectivity index (χ1) is 6.20. The lowest BCUT2D eigenvalue weighted by Gasteiger charge is -2.07. The Morgan fingerprint density at radius 2 is 1.62 bits per heavy atom. The third kappa shape index (κ3) is 2.96. The summed E-state index contributed by atoms with van der Waals surface area (Å²) in [5.74, 6) is 2.32. The summed E-state index contributed by atoms with van der Waals surface area (Å²) in [6.07, 6.45) is 0. The topological polar surface area (TPSA) is 17.1 Å². The lowest BCUT2D eigenvalue weighted by molar-refractivity contribution is 0.585. The molecule has 0 saturated carbocycles. The van der Waals surface area contributed by atoms with Gasteiger partial charge in [0.2, 0.25) is 0 Å². The third-order valence-electron chi connectivity index (χ3n) is 2.32. The summed E-state index contributed by atoms with van der Waals surface area (Å²) in [4.78, 5) is 0. The normalized spacial score (nSPS) is 11.5. The van der Waals surface area contributed by atoms with Crippen LogP contribution in [0.2, 0.25) is 0 Å². The lowest BCUT2D eigenvalue weighted by atomic mass is 10.2. The Morgan fingerprint density at radius 1 is 1.08 bits per heavy atom. The van der Waals surface area contributed by atoms with Crippen molar-refractivity contribution in [2.45, 2.75) is 19.6 Å². The molecule has 1 nitrogen and oxygen atoms in total. The summed E-state index contributed by atoms with van der Waals surface area (Å²) in [5, 5.41) is 0. The first-order valence-corrected chi connectivity index (χ1v) is 6.78. The number of hydrogen-bond donors (Lipinski definition) is 0. The molecule has 0 N–H and O–H groups in total. The van der Waals surface area contributed by atoms with Crippen LogP contribution in [0.15, 0.2) is 30.3 Å². The Hall–Kier alpha value is -0.630. The van der Waals surface area contributed by atoms with Gasteiger partial charge in [0, 0.05) is 5.56 Å². The van der Waals surface area contributed by atoms with Crippen LogP contribution in [-0.2, 0) is 19.9 Å². The van der Waals surface area contributed by atoms with Crippen molar-refractivity contribution in [2.75, 3.05) is 11.5 Å². The Balaban J connectivity index is 2.74. The molecule has 2 heteroatoms. The maximum Gasteiger partial charge on any atom is 0.137 e. The summed E-state index contributed by atoms with van der Waals surface area (Å²) < 4.78 is 12.1. The molecule has 72 valence electrons. The van der Waals surface area contributed by atoms with Crippen molar-refractivity contribution in [1.82, 2.24) is 0 Å². The van der Waals surface area contributed by atoms with Crippen LogP contribution in [0, 0.1) is 0 Å². The van der Waals surface area contributed by atoms with Crippen molar-refractivity contribution in [3.63, 3.8) is 0 Å². The van der Waals surface area contributed by atoms with Crippen molar-refractivity contribution in [3.8, 4) is 0 Å². The average Bonchev–Trinajstić information content (AvgIpc) is 2.19. The molecule has 0 atom stereocenters. The Kier molecular flexibility index (Phi) is 3.67. The summed E-state index contributed by atoms with van der Waals surface area (Å²) in [6.45, 7) is 4.02. The fraction of sp³-hybridized carbons (Fsp3) is 0.455. The highest BCUT2D eigenvalue weighted by Gasteiger charge is 2.22. The molecule has 1 rings (SSSR count). The first-order valence-electron chi connectivity index (χ1n) is 4.71. The third-order valence-corrected chi connectivity index (χ3v) is 5.29. The van der Waals surface area contributed by atoms with Gasteiger partial charge in [0.25, 0.3) is 0 Å². The fourth-order valence-electron chi connectivity index (χ4n) is 1.29. The van der Waals surface area contributed by atoms with Crippen LogP contribution in [0.3, 0.4) is 0 Å². The van der Waals surface area contributed by atoms with Gasteiger partial charge in [-0.3, -0.25) is 0 Å². The van der Waals surface area contributed by atoms with Gasteiger partial charge in [-0.25, -0.2) is 0 Å². The molecule has 0 unspecified atom stereocenters. The van der Waals surface area contributed by atoms with E-state index in [1.54, 1.807) is 0 Å². The van der Waals surface area contributed by atoms with E-state index in [2.05, 4.69) is 0 Å². The minimum absolute atomic E-state index is 0.737. The second-order valence-electron chi connectivity index (χ2n) is 3.17. The van der Waals surface area contributed by atoms with Gasteiger partial charge in [-0.1, -0.05) is 30.3 Å². The molecule has 0 aliphatic heterocycles. The number of benzene rings is 1. The molecule has 0 amide bonds. The monoisotopic (exact) mass is 197 g/mol. The van der Waals surface area contributed by atoms with Crippen molar-refractivity contribution < 1.29 is 4.21 Å². The van der Waals surface area contributed by atoms with Crippen LogP contribution in [-0.4, -0.2) is 11.5 Å². The van der Waals surface area contributed by atoms with Gasteiger partial charge in [0.15, 0.2) is 0 Å². The first kappa shape index (κ1) is 10.5. The molecule has 0 aliphatic rings. The van der Waals surface area contributed by atoms with Gasteiger partial charge in [0.1, 0.15) is 17.3 Å². The van der Waals surface area contributed by atoms with Gasteiger partial charge in [0.05, 0.1) is 9.93 Å². The van der Waals surface area contributed by atoms with Gasteiger partial charge in [-0.05, 0) is 13.8 Å². The van der Waals surface area contributed by atoms with E-state index in [0.29, 0.717) is 0 Å². The molecular weight excluding hydrogens is 180 g/mol. The van der Waals surface area contributed by atoms with Crippen molar-refractivity contribution in [2.24, 2.45) is 0 Å². The number of hydrogen-bond acceptors (Lipinski definition) is 1. The van der Waals surface area contributed by atoms with E-state index in [1.807, 2.05) is 44.2 Å². The minimum Gasteiger partial charge on any atom is -0.105 e. The van der Waals surface area contributed by atoms with E-state index < -0.39 is 9.93 Å². The highest BCUT2D eigenvalue weighted by Crippen LogP contribution is 2.13. The molecular formula is C11H17OS+. The van der Waals surface area contributed by atoms with E-state index in [4.69, 9.17) is 0 Å². The minimum atomic E-state index is -1.62. The summed E-state index contributed by atoms with van der Waals surface area (Å²) in [6, 6.07) is 10.1. The summed E-state index contributed by atoms with van der Waals surface area (Å²) in [5.41, 5.74) is 1.19. The highest BCUT2D eigenvalue weighted by molar-refractivity contribution is 8.02. The quantitative estimate of drug-likeness (QED) is 0.678. The van der Waals surface area contributed by atoms with Crippen LogP contribution in [0.5, 0.6) is 0 Å². The van der Waals surface area contributed by atoms with Crippen molar-refractivity contribution in [1.29, 1.82) is 0 Å². The molecule has 0 spiro atoms. The SMILES string of the molecule is CC[S+](=O)(CC)Cc1ccccc1. The van der Waals surface area contributed by atoms with Crippen LogP contribution in [0.25, 0.3) is 0 Å². The molecule has 0 fully saturated rings. The molecule has 0 aliphatic carbocycles. The molecule has 0 aromatic heterocycles. The molecule has 0 heterocycles. The molecule has 0 radical (unpaired) electrons. The zero-order chi connectivity index (χ0) is 9.73. The molecule has 0 saturated heterocycles. The van der Waals surface area contributed by atoms with E-state index in [-0.39, 0.29) is 0 Å². The Bertz CT molecular complexity index is 284. The maximum absolute atomic E-state index is 12.1. The van der Waals surface area contributed by atoms with Crippen molar-refractivity contribution in [3.05, 3.63) is 35.9 Å². The van der Waals surface area contributed by atoms with Gasteiger partial charge in [-0.2, -0.15) is 0 Å². The van der Waals surface area contributed by atoms with Gasteiger partial charge >= 0.3 is 0 Å². The van der Waals surface area contributed by atoms with Crippen molar-refractivity contribution >= 4 is 9.93 Å². The smallest absolute Gasteiger partial charge is 0.105 e. The predicted octanol–water partition coefficient (Wildman–Crippen LogP) is 2.73. The van der Waals surface area contributed by atoms with E-state index in [9.17, 15) is 4.21 Å². The largest absolute Gasteiger partial charge is 0.137 e. The summed E-state index contributed by atoms with van der Waals surface area (Å²) >= 11 is 0. The van der Waals surface area contributed by atoms with Crippen LogP contribution >= 0.6 is 0 Å². The second-order valence-corrected chi connectivity index (χ2v) is 6.55. The molecule has 0 bridgehead atoms. The zero-order valence-corrected chi connectivity index (χ0v) is 9.14. The second kappa shape index (κ2) is 4.56. The molecule has 1 aromatic rings. The van der Waals surface area contributed by atoms with E-state index in [1.165, 1.54) is 5.56 Å². The summed E-state index contributed by atoms with van der Waals surface area (Å²) in [7, 11) is -1.62. The van der Waals surface area contributed by atoms with E-state index in [0.717, 1.165) is 17.3 Å². The average molecular weight is 197 g/mol. The predicted molar refractivity (Wildman–Crippen MR) is 59.3 cm³/mol. The fourth-order valence-corrected chi connectivity index (χ4v) is 2.90. The van der Waals surface area contributed by atoms with Gasteiger partial charge in [-0.15, -0.1) is 4.21 Å². The maximum atomic E-state index is 12.1.